The highest BCUT2D eigenvalue weighted by Crippen LogP contribution is 2.24. The number of sulfonamides is 1. The van der Waals surface area contributed by atoms with Crippen LogP contribution in [0.5, 0.6) is 0 Å². The van der Waals surface area contributed by atoms with Gasteiger partial charge < -0.3 is 5.32 Å². The van der Waals surface area contributed by atoms with Crippen molar-refractivity contribution in [2.45, 2.75) is 30.9 Å². The van der Waals surface area contributed by atoms with Crippen LogP contribution in [0.4, 0.5) is 0 Å². The molecule has 1 aromatic rings. The Morgan fingerprint density at radius 3 is 2.57 bits per heavy atom. The third-order valence-corrected chi connectivity index (χ3v) is 6.89. The molecule has 6 heteroatoms. The number of rotatable bonds is 6. The van der Waals surface area contributed by atoms with Crippen LogP contribution in [0.15, 0.2) is 24.3 Å². The fourth-order valence-electron chi connectivity index (χ4n) is 2.45. The van der Waals surface area contributed by atoms with Crippen molar-refractivity contribution in [2.24, 2.45) is 0 Å². The average Bonchev–Trinajstić information content (AvgIpc) is 2.49. The molecule has 0 aromatic heterocycles. The van der Waals surface area contributed by atoms with E-state index in [1.54, 1.807) is 4.31 Å². The molecule has 1 atom stereocenters. The van der Waals surface area contributed by atoms with Crippen LogP contribution in [0.25, 0.3) is 0 Å². The highest BCUT2D eigenvalue weighted by molar-refractivity contribution is 8.00. The summed E-state index contributed by atoms with van der Waals surface area (Å²) in [6.07, 6.45) is 1.02. The van der Waals surface area contributed by atoms with Crippen LogP contribution in [0.1, 0.15) is 24.5 Å². The highest BCUT2D eigenvalue weighted by atomic mass is 32.2. The number of hydrogen-bond acceptors (Lipinski definition) is 4. The fraction of sp³-hybridized carbons (Fsp3) is 0.600. The van der Waals surface area contributed by atoms with Gasteiger partial charge in [-0.3, -0.25) is 0 Å². The van der Waals surface area contributed by atoms with Crippen molar-refractivity contribution in [1.29, 1.82) is 0 Å². The summed E-state index contributed by atoms with van der Waals surface area (Å²) in [6, 6.07) is 7.81. The van der Waals surface area contributed by atoms with E-state index >= 15 is 0 Å². The summed E-state index contributed by atoms with van der Waals surface area (Å²) in [5.74, 6) is 1.01. The molecule has 21 heavy (non-hydrogen) atoms. The van der Waals surface area contributed by atoms with E-state index < -0.39 is 10.0 Å². The second-order valence-corrected chi connectivity index (χ2v) is 8.74. The fourth-order valence-corrected chi connectivity index (χ4v) is 5.41. The maximum Gasteiger partial charge on any atom is 0.218 e. The van der Waals surface area contributed by atoms with Gasteiger partial charge in [0.15, 0.2) is 0 Å². The lowest BCUT2D eigenvalue weighted by molar-refractivity contribution is 0.415. The van der Waals surface area contributed by atoms with Gasteiger partial charge in [-0.25, -0.2) is 8.42 Å². The van der Waals surface area contributed by atoms with Crippen molar-refractivity contribution < 1.29 is 8.42 Å². The van der Waals surface area contributed by atoms with Gasteiger partial charge in [0.05, 0.1) is 5.75 Å². The largest absolute Gasteiger partial charge is 0.316 e. The van der Waals surface area contributed by atoms with Gasteiger partial charge in [0.25, 0.3) is 0 Å². The zero-order valence-electron chi connectivity index (χ0n) is 12.7. The van der Waals surface area contributed by atoms with Gasteiger partial charge >= 0.3 is 0 Å². The van der Waals surface area contributed by atoms with Crippen molar-refractivity contribution >= 4 is 21.8 Å². The average molecular weight is 329 g/mol. The Morgan fingerprint density at radius 1 is 1.29 bits per heavy atom. The first-order chi connectivity index (χ1) is 10.0. The van der Waals surface area contributed by atoms with E-state index in [1.165, 1.54) is 5.56 Å². The molecule has 1 heterocycles. The van der Waals surface area contributed by atoms with E-state index in [-0.39, 0.29) is 5.75 Å². The Morgan fingerprint density at radius 2 is 1.95 bits per heavy atom. The summed E-state index contributed by atoms with van der Waals surface area (Å²) in [5, 5.41) is 3.52. The molecule has 0 aliphatic carbocycles. The van der Waals surface area contributed by atoms with Crippen molar-refractivity contribution in [3.8, 4) is 0 Å². The van der Waals surface area contributed by atoms with Crippen LogP contribution >= 0.6 is 11.8 Å². The number of nitrogens with zero attached hydrogens (tertiary/aromatic N) is 1. The van der Waals surface area contributed by atoms with Gasteiger partial charge in [-0.15, -0.1) is 0 Å². The minimum Gasteiger partial charge on any atom is -0.316 e. The first kappa shape index (κ1) is 16.8. The van der Waals surface area contributed by atoms with Crippen molar-refractivity contribution in [1.82, 2.24) is 9.62 Å². The second-order valence-electron chi connectivity index (χ2n) is 5.36. The summed E-state index contributed by atoms with van der Waals surface area (Å²) in [6.45, 7) is 4.21. The summed E-state index contributed by atoms with van der Waals surface area (Å²) < 4.78 is 26.7. The van der Waals surface area contributed by atoms with Gasteiger partial charge in [0.1, 0.15) is 0 Å². The monoisotopic (exact) mass is 328 g/mol. The minimum absolute atomic E-state index is 0.105. The standard InChI is InChI=1S/C15H24N2O2S2/c1-3-15-11-17(8-9-20-15)21(18,19)12-14-6-4-13(5-7-14)10-16-2/h4-7,15-16H,3,8-12H2,1-2H3. The first-order valence-corrected chi connectivity index (χ1v) is 10.0. The van der Waals surface area contributed by atoms with Crippen LogP contribution in [0, 0.1) is 0 Å². The van der Waals surface area contributed by atoms with Crippen molar-refractivity contribution in [3.63, 3.8) is 0 Å². The van der Waals surface area contributed by atoms with E-state index in [0.717, 1.165) is 24.3 Å². The van der Waals surface area contributed by atoms with Crippen LogP contribution in [-0.4, -0.2) is 43.9 Å². The summed E-state index contributed by atoms with van der Waals surface area (Å²) in [7, 11) is -1.30. The topological polar surface area (TPSA) is 49.4 Å². The van der Waals surface area contributed by atoms with E-state index in [0.29, 0.717) is 18.3 Å². The molecule has 1 fully saturated rings. The smallest absolute Gasteiger partial charge is 0.218 e. The Labute approximate surface area is 132 Å². The molecule has 0 amide bonds. The number of thioether (sulfide) groups is 1. The summed E-state index contributed by atoms with van der Waals surface area (Å²) >= 11 is 1.88. The third-order valence-electron chi connectivity index (χ3n) is 3.70. The van der Waals surface area contributed by atoms with Crippen LogP contribution in [-0.2, 0) is 22.3 Å². The molecule has 1 aliphatic heterocycles. The maximum absolute atomic E-state index is 12.5. The lowest BCUT2D eigenvalue weighted by Gasteiger charge is -2.31. The molecule has 0 radical (unpaired) electrons. The third kappa shape index (κ3) is 4.71. The molecule has 0 saturated carbocycles. The van der Waals surface area contributed by atoms with Gasteiger partial charge in [-0.2, -0.15) is 16.1 Å². The first-order valence-electron chi connectivity index (χ1n) is 7.37. The Kier molecular flexibility index (Phi) is 6.10. The SMILES string of the molecule is CCC1CN(S(=O)(=O)Cc2ccc(CNC)cc2)CCS1. The quantitative estimate of drug-likeness (QED) is 0.868. The predicted molar refractivity (Wildman–Crippen MR) is 89.9 cm³/mol. The van der Waals surface area contributed by atoms with Crippen LogP contribution < -0.4 is 5.32 Å². The lowest BCUT2D eigenvalue weighted by atomic mass is 10.1. The molecule has 1 N–H and O–H groups in total. The van der Waals surface area contributed by atoms with Gasteiger partial charge in [-0.1, -0.05) is 31.2 Å². The zero-order valence-corrected chi connectivity index (χ0v) is 14.3. The second kappa shape index (κ2) is 7.63. The van der Waals surface area contributed by atoms with E-state index in [1.807, 2.05) is 43.1 Å². The normalized spacial score (nSPS) is 20.6. The van der Waals surface area contributed by atoms with E-state index in [4.69, 9.17) is 0 Å². The number of nitrogens with one attached hydrogen (secondary N) is 1. The Hall–Kier alpha value is -0.560. The highest BCUT2D eigenvalue weighted by Gasteiger charge is 2.28. The van der Waals surface area contributed by atoms with Gasteiger partial charge in [0.2, 0.25) is 10.0 Å². The van der Waals surface area contributed by atoms with E-state index in [9.17, 15) is 8.42 Å². The van der Waals surface area contributed by atoms with Crippen LogP contribution in [0.3, 0.4) is 0 Å². The molecule has 0 spiro atoms. The van der Waals surface area contributed by atoms with Crippen molar-refractivity contribution in [3.05, 3.63) is 35.4 Å². The number of benzene rings is 1. The molecular formula is C15H24N2O2S2. The van der Waals surface area contributed by atoms with Crippen LogP contribution in [0.2, 0.25) is 0 Å². The molecule has 1 aromatic carbocycles. The molecule has 1 unspecified atom stereocenters. The Bertz CT molecular complexity index is 543. The van der Waals surface area contributed by atoms with Gasteiger partial charge in [-0.05, 0) is 24.6 Å². The molecular weight excluding hydrogens is 304 g/mol. The van der Waals surface area contributed by atoms with Crippen molar-refractivity contribution in [2.75, 3.05) is 25.9 Å². The maximum atomic E-state index is 12.5. The Balaban J connectivity index is 2.02. The summed E-state index contributed by atoms with van der Waals surface area (Å²) in [5.41, 5.74) is 2.03. The molecule has 2 rings (SSSR count). The summed E-state index contributed by atoms with van der Waals surface area (Å²) in [4.78, 5) is 0. The van der Waals surface area contributed by atoms with E-state index in [2.05, 4.69) is 12.2 Å². The molecule has 0 bridgehead atoms. The molecule has 4 nitrogen and oxygen atoms in total. The predicted octanol–water partition coefficient (Wildman–Crippen LogP) is 2.06. The zero-order chi connectivity index (χ0) is 15.3. The minimum atomic E-state index is -3.20. The lowest BCUT2D eigenvalue weighted by Crippen LogP contribution is -2.42. The molecule has 1 saturated heterocycles. The number of hydrogen-bond donors (Lipinski definition) is 1. The molecule has 118 valence electrons. The molecule has 1 aliphatic rings. The van der Waals surface area contributed by atoms with Gasteiger partial charge in [0, 0.05) is 30.6 Å².